The number of hydrogen-bond acceptors (Lipinski definition) is 3. The molecular formula is C12H17BrN2O2S. The SMILES string of the molecule is Nc1ccc(Br)cc1S(=O)(=O)NCCC1CCC1. The van der Waals surface area contributed by atoms with Crippen LogP contribution >= 0.6 is 15.9 Å². The van der Waals surface area contributed by atoms with Crippen molar-refractivity contribution in [3.8, 4) is 0 Å². The van der Waals surface area contributed by atoms with Crippen LogP contribution in [0.5, 0.6) is 0 Å². The molecule has 100 valence electrons. The quantitative estimate of drug-likeness (QED) is 0.813. The van der Waals surface area contributed by atoms with Crippen molar-refractivity contribution in [1.82, 2.24) is 4.72 Å². The lowest BCUT2D eigenvalue weighted by Gasteiger charge is -2.25. The van der Waals surface area contributed by atoms with E-state index < -0.39 is 10.0 Å². The summed E-state index contributed by atoms with van der Waals surface area (Å²) in [7, 11) is -3.50. The molecule has 18 heavy (non-hydrogen) atoms. The third-order valence-electron chi connectivity index (χ3n) is 3.33. The van der Waals surface area contributed by atoms with Crippen molar-refractivity contribution in [2.75, 3.05) is 12.3 Å². The first-order valence-corrected chi connectivity index (χ1v) is 8.31. The Kier molecular flexibility index (Phi) is 4.29. The highest BCUT2D eigenvalue weighted by atomic mass is 79.9. The zero-order valence-electron chi connectivity index (χ0n) is 10.0. The Morgan fingerprint density at radius 1 is 1.39 bits per heavy atom. The van der Waals surface area contributed by atoms with Gasteiger partial charge in [0.05, 0.1) is 5.69 Å². The van der Waals surface area contributed by atoms with Gasteiger partial charge in [-0.1, -0.05) is 35.2 Å². The van der Waals surface area contributed by atoms with Crippen LogP contribution in [0, 0.1) is 5.92 Å². The number of halogens is 1. The fraction of sp³-hybridized carbons (Fsp3) is 0.500. The second kappa shape index (κ2) is 5.59. The Hall–Kier alpha value is -0.590. The van der Waals surface area contributed by atoms with Gasteiger partial charge in [0.2, 0.25) is 10.0 Å². The summed E-state index contributed by atoms with van der Waals surface area (Å²) >= 11 is 3.25. The van der Waals surface area contributed by atoms with Crippen molar-refractivity contribution in [3.05, 3.63) is 22.7 Å². The molecule has 0 heterocycles. The fourth-order valence-electron chi connectivity index (χ4n) is 2.00. The van der Waals surface area contributed by atoms with Crippen LogP contribution in [-0.4, -0.2) is 15.0 Å². The largest absolute Gasteiger partial charge is 0.398 e. The van der Waals surface area contributed by atoms with E-state index in [4.69, 9.17) is 5.73 Å². The van der Waals surface area contributed by atoms with Crippen molar-refractivity contribution in [2.45, 2.75) is 30.6 Å². The van der Waals surface area contributed by atoms with Crippen molar-refractivity contribution < 1.29 is 8.42 Å². The number of anilines is 1. The highest BCUT2D eigenvalue weighted by Gasteiger charge is 2.20. The minimum atomic E-state index is -3.50. The van der Waals surface area contributed by atoms with Gasteiger partial charge in [-0.3, -0.25) is 0 Å². The van der Waals surface area contributed by atoms with E-state index >= 15 is 0 Å². The van der Waals surface area contributed by atoms with E-state index in [1.165, 1.54) is 25.3 Å². The molecule has 0 aliphatic heterocycles. The van der Waals surface area contributed by atoms with Crippen molar-refractivity contribution in [2.24, 2.45) is 5.92 Å². The molecule has 0 atom stereocenters. The van der Waals surface area contributed by atoms with Crippen molar-refractivity contribution in [1.29, 1.82) is 0 Å². The van der Waals surface area contributed by atoms with Gasteiger partial charge in [-0.15, -0.1) is 0 Å². The average Bonchev–Trinajstić information content (AvgIpc) is 2.25. The number of hydrogen-bond donors (Lipinski definition) is 2. The fourth-order valence-corrected chi connectivity index (χ4v) is 3.71. The summed E-state index contributed by atoms with van der Waals surface area (Å²) in [6.07, 6.45) is 4.63. The van der Waals surface area contributed by atoms with Crippen molar-refractivity contribution in [3.63, 3.8) is 0 Å². The second-order valence-electron chi connectivity index (χ2n) is 4.67. The predicted octanol–water partition coefficient (Wildman–Crippen LogP) is 2.50. The van der Waals surface area contributed by atoms with Gasteiger partial charge in [0.25, 0.3) is 0 Å². The molecule has 4 nitrogen and oxygen atoms in total. The molecule has 3 N–H and O–H groups in total. The molecule has 2 rings (SSSR count). The summed E-state index contributed by atoms with van der Waals surface area (Å²) in [5, 5.41) is 0. The molecule has 1 saturated carbocycles. The van der Waals surface area contributed by atoms with E-state index in [-0.39, 0.29) is 10.6 Å². The summed E-state index contributed by atoms with van der Waals surface area (Å²) in [6, 6.07) is 4.84. The van der Waals surface area contributed by atoms with Crippen LogP contribution in [0.2, 0.25) is 0 Å². The summed E-state index contributed by atoms with van der Waals surface area (Å²) in [6.45, 7) is 0.485. The number of nitrogens with one attached hydrogen (secondary N) is 1. The molecule has 1 aliphatic rings. The molecule has 0 aromatic heterocycles. The number of nitrogen functional groups attached to an aromatic ring is 1. The summed E-state index contributed by atoms with van der Waals surface area (Å²) in [4.78, 5) is 0.144. The van der Waals surface area contributed by atoms with Gasteiger partial charge in [0, 0.05) is 11.0 Å². The highest BCUT2D eigenvalue weighted by molar-refractivity contribution is 9.10. The third kappa shape index (κ3) is 3.24. The van der Waals surface area contributed by atoms with Gasteiger partial charge in [-0.05, 0) is 30.5 Å². The minimum absolute atomic E-state index is 0.144. The van der Waals surface area contributed by atoms with Crippen LogP contribution in [0.4, 0.5) is 5.69 Å². The lowest BCUT2D eigenvalue weighted by molar-refractivity contribution is 0.297. The van der Waals surface area contributed by atoms with Crippen LogP contribution in [0.3, 0.4) is 0 Å². The van der Waals surface area contributed by atoms with Crippen LogP contribution < -0.4 is 10.5 Å². The van der Waals surface area contributed by atoms with Crippen molar-refractivity contribution >= 4 is 31.6 Å². The standard InChI is InChI=1S/C12H17BrN2O2S/c13-10-4-5-11(14)12(8-10)18(16,17)15-7-6-9-2-1-3-9/h4-5,8-9,15H,1-3,6-7,14H2. The Morgan fingerprint density at radius 3 is 2.72 bits per heavy atom. The first-order chi connectivity index (χ1) is 8.49. The van der Waals surface area contributed by atoms with E-state index in [1.807, 2.05) is 0 Å². The normalized spacial score (nSPS) is 16.5. The minimum Gasteiger partial charge on any atom is -0.398 e. The van der Waals surface area contributed by atoms with Crippen LogP contribution in [-0.2, 0) is 10.0 Å². The Balaban J connectivity index is 2.02. The first kappa shape index (κ1) is 13.8. The predicted molar refractivity (Wildman–Crippen MR) is 75.7 cm³/mol. The van der Waals surface area contributed by atoms with E-state index in [9.17, 15) is 8.42 Å². The molecule has 0 saturated heterocycles. The zero-order chi connectivity index (χ0) is 13.2. The monoisotopic (exact) mass is 332 g/mol. The van der Waals surface area contributed by atoms with Gasteiger partial charge in [0.1, 0.15) is 4.90 Å². The smallest absolute Gasteiger partial charge is 0.242 e. The first-order valence-electron chi connectivity index (χ1n) is 6.04. The summed E-state index contributed by atoms with van der Waals surface area (Å²) < 4.78 is 27.5. The molecule has 1 aromatic rings. The van der Waals surface area contributed by atoms with Gasteiger partial charge >= 0.3 is 0 Å². The molecule has 1 fully saturated rings. The maximum Gasteiger partial charge on any atom is 0.242 e. The molecule has 0 radical (unpaired) electrons. The second-order valence-corrected chi connectivity index (χ2v) is 7.32. The molecule has 0 amide bonds. The number of nitrogens with two attached hydrogens (primary N) is 1. The lowest BCUT2D eigenvalue weighted by atomic mass is 9.83. The van der Waals surface area contributed by atoms with Crippen LogP contribution in [0.1, 0.15) is 25.7 Å². The average molecular weight is 333 g/mol. The van der Waals surface area contributed by atoms with Gasteiger partial charge < -0.3 is 5.73 Å². The molecular weight excluding hydrogens is 316 g/mol. The lowest BCUT2D eigenvalue weighted by Crippen LogP contribution is -2.28. The third-order valence-corrected chi connectivity index (χ3v) is 5.34. The number of benzene rings is 1. The van der Waals surface area contributed by atoms with Gasteiger partial charge in [-0.25, -0.2) is 13.1 Å². The Labute approximate surface area is 116 Å². The number of rotatable bonds is 5. The summed E-state index contributed by atoms with van der Waals surface area (Å²) in [5.41, 5.74) is 5.98. The Morgan fingerprint density at radius 2 is 2.11 bits per heavy atom. The molecule has 1 aromatic carbocycles. The molecule has 0 spiro atoms. The molecule has 0 unspecified atom stereocenters. The highest BCUT2D eigenvalue weighted by Crippen LogP contribution is 2.29. The zero-order valence-corrected chi connectivity index (χ0v) is 12.4. The maximum atomic E-state index is 12.1. The molecule has 1 aliphatic carbocycles. The maximum absolute atomic E-state index is 12.1. The van der Waals surface area contributed by atoms with Gasteiger partial charge in [0.15, 0.2) is 0 Å². The number of sulfonamides is 1. The van der Waals surface area contributed by atoms with E-state index in [0.717, 1.165) is 6.42 Å². The topological polar surface area (TPSA) is 72.2 Å². The van der Waals surface area contributed by atoms with Crippen LogP contribution in [0.15, 0.2) is 27.6 Å². The van der Waals surface area contributed by atoms with E-state index in [0.29, 0.717) is 16.9 Å². The van der Waals surface area contributed by atoms with Crippen LogP contribution in [0.25, 0.3) is 0 Å². The van der Waals surface area contributed by atoms with E-state index in [2.05, 4.69) is 20.7 Å². The van der Waals surface area contributed by atoms with Gasteiger partial charge in [-0.2, -0.15) is 0 Å². The molecule has 0 bridgehead atoms. The Bertz CT molecular complexity index is 527. The molecule has 6 heteroatoms. The summed E-state index contributed by atoms with van der Waals surface area (Å²) in [5.74, 6) is 0.688. The van der Waals surface area contributed by atoms with E-state index in [1.54, 1.807) is 12.1 Å².